The minimum Gasteiger partial charge on any atom is -0.327 e. The number of hydrogen-bond donors (Lipinski definition) is 1. The van der Waals surface area contributed by atoms with Gasteiger partial charge in [-0.2, -0.15) is 5.10 Å². The molecule has 0 amide bonds. The maximum atomic E-state index is 6.19. The molecule has 0 aromatic carbocycles. The number of nitrogens with zero attached hydrogens (tertiary/aromatic N) is 2. The van der Waals surface area contributed by atoms with Gasteiger partial charge >= 0.3 is 0 Å². The summed E-state index contributed by atoms with van der Waals surface area (Å²) in [6.45, 7) is 0. The average molecular weight is 191 g/mol. The summed E-state index contributed by atoms with van der Waals surface area (Å²) >= 11 is 0. The Morgan fingerprint density at radius 3 is 3.00 bits per heavy atom. The Hall–Kier alpha value is -0.830. The summed E-state index contributed by atoms with van der Waals surface area (Å²) in [7, 11) is 1.95. The lowest BCUT2D eigenvalue weighted by Gasteiger charge is -2.08. The summed E-state index contributed by atoms with van der Waals surface area (Å²) in [6.07, 6.45) is 7.16. The van der Waals surface area contributed by atoms with E-state index in [9.17, 15) is 0 Å². The van der Waals surface area contributed by atoms with Crippen LogP contribution in [-0.2, 0) is 13.5 Å². The van der Waals surface area contributed by atoms with Gasteiger partial charge in [0.25, 0.3) is 0 Å². The molecule has 0 radical (unpaired) electrons. The second kappa shape index (κ2) is 2.60. The highest BCUT2D eigenvalue weighted by Crippen LogP contribution is 2.71. The first kappa shape index (κ1) is 8.48. The fraction of sp³-hybridized carbons (Fsp3) is 0.727. The van der Waals surface area contributed by atoms with Crippen molar-refractivity contribution in [2.75, 3.05) is 0 Å². The van der Waals surface area contributed by atoms with Gasteiger partial charge in [0, 0.05) is 25.7 Å². The lowest BCUT2D eigenvalue weighted by molar-refractivity contribution is 0.533. The SMILES string of the molecule is Cn1ccc(CC(N)C2CC23CC3)n1. The molecule has 1 spiro atoms. The zero-order valence-electron chi connectivity index (χ0n) is 8.61. The van der Waals surface area contributed by atoms with Crippen LogP contribution in [0.4, 0.5) is 0 Å². The van der Waals surface area contributed by atoms with Crippen molar-refractivity contribution in [1.29, 1.82) is 0 Å². The van der Waals surface area contributed by atoms with Gasteiger partial charge < -0.3 is 5.73 Å². The van der Waals surface area contributed by atoms with Gasteiger partial charge in [-0.1, -0.05) is 0 Å². The molecule has 0 bridgehead atoms. The zero-order chi connectivity index (χ0) is 9.76. The normalized spacial score (nSPS) is 29.1. The van der Waals surface area contributed by atoms with Crippen LogP contribution in [0, 0.1) is 11.3 Å². The minimum absolute atomic E-state index is 0.340. The van der Waals surface area contributed by atoms with E-state index in [2.05, 4.69) is 11.2 Å². The van der Waals surface area contributed by atoms with Gasteiger partial charge in [-0.05, 0) is 36.7 Å². The van der Waals surface area contributed by atoms with Crippen LogP contribution < -0.4 is 5.73 Å². The van der Waals surface area contributed by atoms with Crippen LogP contribution in [0.3, 0.4) is 0 Å². The Balaban J connectivity index is 1.62. The summed E-state index contributed by atoms with van der Waals surface area (Å²) in [5, 5.41) is 4.37. The van der Waals surface area contributed by atoms with Gasteiger partial charge in [0.1, 0.15) is 0 Å². The van der Waals surface area contributed by atoms with Gasteiger partial charge in [-0.15, -0.1) is 0 Å². The molecular formula is C11H17N3. The number of aryl methyl sites for hydroxylation is 1. The van der Waals surface area contributed by atoms with Crippen LogP contribution in [-0.4, -0.2) is 15.8 Å². The Labute approximate surface area is 84.3 Å². The van der Waals surface area contributed by atoms with Gasteiger partial charge in [-0.25, -0.2) is 0 Å². The maximum absolute atomic E-state index is 6.19. The molecule has 2 aliphatic carbocycles. The van der Waals surface area contributed by atoms with Crippen molar-refractivity contribution >= 4 is 0 Å². The standard InChI is InChI=1S/C11H17N3/c1-14-5-2-8(13-14)6-10(12)9-7-11(9)3-4-11/h2,5,9-10H,3-4,6-7,12H2,1H3. The van der Waals surface area contributed by atoms with E-state index in [4.69, 9.17) is 5.73 Å². The van der Waals surface area contributed by atoms with Gasteiger partial charge in [0.15, 0.2) is 0 Å². The van der Waals surface area contributed by atoms with E-state index < -0.39 is 0 Å². The van der Waals surface area contributed by atoms with Crippen LogP contribution in [0.2, 0.25) is 0 Å². The van der Waals surface area contributed by atoms with Crippen molar-refractivity contribution < 1.29 is 0 Å². The van der Waals surface area contributed by atoms with Crippen LogP contribution >= 0.6 is 0 Å². The molecule has 14 heavy (non-hydrogen) atoms. The molecule has 3 nitrogen and oxygen atoms in total. The molecule has 1 aromatic heterocycles. The van der Waals surface area contributed by atoms with Crippen LogP contribution in [0.25, 0.3) is 0 Å². The summed E-state index contributed by atoms with van der Waals surface area (Å²) in [6, 6.07) is 2.41. The Morgan fingerprint density at radius 1 is 1.71 bits per heavy atom. The molecule has 2 saturated carbocycles. The molecule has 2 aliphatic rings. The first-order valence-corrected chi connectivity index (χ1v) is 5.44. The van der Waals surface area contributed by atoms with E-state index in [0.717, 1.165) is 18.0 Å². The summed E-state index contributed by atoms with van der Waals surface area (Å²) in [5.41, 5.74) is 8.04. The molecule has 0 aliphatic heterocycles. The highest BCUT2D eigenvalue weighted by Gasteiger charge is 2.64. The van der Waals surface area contributed by atoms with E-state index in [0.29, 0.717) is 11.5 Å². The summed E-state index contributed by atoms with van der Waals surface area (Å²) in [4.78, 5) is 0. The third-order valence-corrected chi connectivity index (χ3v) is 3.88. The first-order valence-electron chi connectivity index (χ1n) is 5.44. The quantitative estimate of drug-likeness (QED) is 0.777. The molecule has 3 rings (SSSR count). The highest BCUT2D eigenvalue weighted by atomic mass is 15.2. The van der Waals surface area contributed by atoms with Gasteiger partial charge in [0.05, 0.1) is 5.69 Å². The fourth-order valence-electron chi connectivity index (χ4n) is 2.68. The maximum Gasteiger partial charge on any atom is 0.0640 e. The van der Waals surface area contributed by atoms with Gasteiger partial charge in [0.2, 0.25) is 0 Å². The van der Waals surface area contributed by atoms with Crippen molar-refractivity contribution in [3.63, 3.8) is 0 Å². The van der Waals surface area contributed by atoms with E-state index >= 15 is 0 Å². The lowest BCUT2D eigenvalue weighted by atomic mass is 10.1. The number of hydrogen-bond acceptors (Lipinski definition) is 2. The first-order chi connectivity index (χ1) is 6.70. The molecule has 1 heterocycles. The van der Waals surface area contributed by atoms with Crippen molar-refractivity contribution in [3.8, 4) is 0 Å². The van der Waals surface area contributed by atoms with E-state index in [1.165, 1.54) is 19.3 Å². The van der Waals surface area contributed by atoms with Crippen molar-refractivity contribution in [2.24, 2.45) is 24.1 Å². The molecule has 1 aromatic rings. The van der Waals surface area contributed by atoms with Crippen LogP contribution in [0.15, 0.2) is 12.3 Å². The van der Waals surface area contributed by atoms with E-state index in [1.807, 2.05) is 17.9 Å². The largest absolute Gasteiger partial charge is 0.327 e. The van der Waals surface area contributed by atoms with E-state index in [1.54, 1.807) is 0 Å². The fourth-order valence-corrected chi connectivity index (χ4v) is 2.68. The topological polar surface area (TPSA) is 43.8 Å². The second-order valence-corrected chi connectivity index (χ2v) is 5.02. The Kier molecular flexibility index (Phi) is 1.57. The highest BCUT2D eigenvalue weighted by molar-refractivity contribution is 5.17. The minimum atomic E-state index is 0.340. The summed E-state index contributed by atoms with van der Waals surface area (Å²) in [5.74, 6) is 0.796. The molecule has 2 N–H and O–H groups in total. The average Bonchev–Trinajstić information content (AvgIpc) is 3.03. The van der Waals surface area contributed by atoms with Crippen LogP contribution in [0.5, 0.6) is 0 Å². The number of rotatable bonds is 3. The Bertz CT molecular complexity index is 351. The smallest absolute Gasteiger partial charge is 0.0640 e. The molecule has 3 heteroatoms. The molecular weight excluding hydrogens is 174 g/mol. The number of nitrogens with two attached hydrogens (primary N) is 1. The summed E-state index contributed by atoms with van der Waals surface area (Å²) < 4.78 is 1.85. The van der Waals surface area contributed by atoms with Crippen molar-refractivity contribution in [3.05, 3.63) is 18.0 Å². The monoisotopic (exact) mass is 191 g/mol. The number of aromatic nitrogens is 2. The van der Waals surface area contributed by atoms with Crippen molar-refractivity contribution in [2.45, 2.75) is 31.7 Å². The molecule has 2 unspecified atom stereocenters. The zero-order valence-corrected chi connectivity index (χ0v) is 8.61. The molecule has 2 atom stereocenters. The predicted molar refractivity (Wildman–Crippen MR) is 54.7 cm³/mol. The van der Waals surface area contributed by atoms with Gasteiger partial charge in [-0.3, -0.25) is 4.68 Å². The van der Waals surface area contributed by atoms with E-state index in [-0.39, 0.29) is 0 Å². The second-order valence-electron chi connectivity index (χ2n) is 5.02. The van der Waals surface area contributed by atoms with Crippen LogP contribution in [0.1, 0.15) is 25.0 Å². The third kappa shape index (κ3) is 1.27. The lowest BCUT2D eigenvalue weighted by Crippen LogP contribution is -2.26. The Morgan fingerprint density at radius 2 is 2.50 bits per heavy atom. The molecule has 76 valence electrons. The third-order valence-electron chi connectivity index (χ3n) is 3.88. The van der Waals surface area contributed by atoms with Crippen molar-refractivity contribution in [1.82, 2.24) is 9.78 Å². The predicted octanol–water partition coefficient (Wildman–Crippen LogP) is 1.09. The molecule has 2 fully saturated rings. The molecule has 0 saturated heterocycles.